The summed E-state index contributed by atoms with van der Waals surface area (Å²) in [5, 5.41) is 4.34. The van der Waals surface area contributed by atoms with Gasteiger partial charge in [0.05, 0.1) is 5.69 Å². The molecule has 2 aromatic rings. The number of piperazine rings is 1. The molecule has 1 aliphatic rings. The molecule has 2 aromatic carbocycles. The topological polar surface area (TPSA) is 15.3 Å². The second kappa shape index (κ2) is 6.17. The van der Waals surface area contributed by atoms with Crippen LogP contribution in [0, 0.1) is 0 Å². The van der Waals surface area contributed by atoms with Gasteiger partial charge in [0.25, 0.3) is 0 Å². The monoisotopic (exact) mass is 350 g/mol. The van der Waals surface area contributed by atoms with Crippen LogP contribution in [0.4, 0.5) is 5.69 Å². The van der Waals surface area contributed by atoms with Gasteiger partial charge in [-0.2, -0.15) is 0 Å². The van der Waals surface area contributed by atoms with Crippen molar-refractivity contribution in [3.8, 4) is 0 Å². The standard InChI is InChI=1S/C16H16BrClN2/c17-14-10-13(18)6-7-16(14)20-9-8-19-15(11-20)12-4-2-1-3-5-12/h1-7,10,15,19H,8-9,11H2. The lowest BCUT2D eigenvalue weighted by atomic mass is 10.0. The highest BCUT2D eigenvalue weighted by Crippen LogP contribution is 2.31. The van der Waals surface area contributed by atoms with Crippen molar-refractivity contribution in [3.05, 3.63) is 63.6 Å². The zero-order valence-electron chi connectivity index (χ0n) is 11.0. The first-order valence-electron chi connectivity index (χ1n) is 6.72. The SMILES string of the molecule is Clc1ccc(N2CCNC(c3ccccc3)C2)c(Br)c1. The molecule has 2 nitrogen and oxygen atoms in total. The third-order valence-corrected chi connectivity index (χ3v) is 4.50. The van der Waals surface area contributed by atoms with Crippen LogP contribution in [0.15, 0.2) is 53.0 Å². The van der Waals surface area contributed by atoms with E-state index in [0.717, 1.165) is 29.1 Å². The Labute approximate surface area is 132 Å². The molecule has 1 aliphatic heterocycles. The Bertz CT molecular complexity index is 588. The average Bonchev–Trinajstić information content (AvgIpc) is 2.48. The van der Waals surface area contributed by atoms with Crippen LogP contribution in [0.5, 0.6) is 0 Å². The highest BCUT2D eigenvalue weighted by atomic mass is 79.9. The Morgan fingerprint density at radius 1 is 1.15 bits per heavy atom. The number of halogens is 2. The Kier molecular flexibility index (Phi) is 4.29. The molecule has 0 aliphatic carbocycles. The molecule has 0 bridgehead atoms. The van der Waals surface area contributed by atoms with E-state index in [1.807, 2.05) is 12.1 Å². The van der Waals surface area contributed by atoms with Gasteiger partial charge < -0.3 is 10.2 Å². The van der Waals surface area contributed by atoms with Crippen molar-refractivity contribution in [1.29, 1.82) is 0 Å². The minimum absolute atomic E-state index is 0.368. The van der Waals surface area contributed by atoms with Gasteiger partial charge in [-0.15, -0.1) is 0 Å². The van der Waals surface area contributed by atoms with E-state index < -0.39 is 0 Å². The quantitative estimate of drug-likeness (QED) is 0.870. The Balaban J connectivity index is 1.81. The van der Waals surface area contributed by atoms with Gasteiger partial charge in [0.2, 0.25) is 0 Å². The van der Waals surface area contributed by atoms with Crippen molar-refractivity contribution in [2.45, 2.75) is 6.04 Å². The molecule has 0 aromatic heterocycles. The zero-order chi connectivity index (χ0) is 13.9. The van der Waals surface area contributed by atoms with Crippen LogP contribution >= 0.6 is 27.5 Å². The van der Waals surface area contributed by atoms with Gasteiger partial charge in [0, 0.05) is 35.2 Å². The third-order valence-electron chi connectivity index (χ3n) is 3.63. The molecule has 0 spiro atoms. The minimum atomic E-state index is 0.368. The normalized spacial score (nSPS) is 19.1. The summed E-state index contributed by atoms with van der Waals surface area (Å²) in [5.74, 6) is 0. The average molecular weight is 352 g/mol. The highest BCUT2D eigenvalue weighted by molar-refractivity contribution is 9.10. The van der Waals surface area contributed by atoms with Crippen LogP contribution in [-0.4, -0.2) is 19.6 Å². The van der Waals surface area contributed by atoms with Crippen LogP contribution in [0.2, 0.25) is 5.02 Å². The van der Waals surface area contributed by atoms with Gasteiger partial charge in [-0.3, -0.25) is 0 Å². The molecule has 1 saturated heterocycles. The van der Waals surface area contributed by atoms with E-state index in [0.29, 0.717) is 6.04 Å². The number of hydrogen-bond donors (Lipinski definition) is 1. The number of rotatable bonds is 2. The van der Waals surface area contributed by atoms with Crippen molar-refractivity contribution >= 4 is 33.2 Å². The van der Waals surface area contributed by atoms with Gasteiger partial charge in [0.1, 0.15) is 0 Å². The molecule has 4 heteroatoms. The first-order valence-corrected chi connectivity index (χ1v) is 7.89. The lowest BCUT2D eigenvalue weighted by Crippen LogP contribution is -2.46. The molecule has 104 valence electrons. The number of nitrogens with zero attached hydrogens (tertiary/aromatic N) is 1. The molecular formula is C16H16BrClN2. The summed E-state index contributed by atoms with van der Waals surface area (Å²) in [6, 6.07) is 16.9. The minimum Gasteiger partial charge on any atom is -0.367 e. The van der Waals surface area contributed by atoms with Crippen LogP contribution < -0.4 is 10.2 Å². The van der Waals surface area contributed by atoms with Crippen LogP contribution in [0.3, 0.4) is 0 Å². The summed E-state index contributed by atoms with van der Waals surface area (Å²) in [4.78, 5) is 2.40. The fraction of sp³-hybridized carbons (Fsp3) is 0.250. The molecule has 3 rings (SSSR count). The van der Waals surface area contributed by atoms with Crippen molar-refractivity contribution in [1.82, 2.24) is 5.32 Å². The van der Waals surface area contributed by atoms with Crippen molar-refractivity contribution < 1.29 is 0 Å². The van der Waals surface area contributed by atoms with Crippen LogP contribution in [-0.2, 0) is 0 Å². The number of hydrogen-bond acceptors (Lipinski definition) is 2. The molecule has 0 amide bonds. The maximum atomic E-state index is 6.02. The van der Waals surface area contributed by atoms with Crippen LogP contribution in [0.25, 0.3) is 0 Å². The maximum absolute atomic E-state index is 6.02. The molecule has 20 heavy (non-hydrogen) atoms. The maximum Gasteiger partial charge on any atom is 0.0512 e. The van der Waals surface area contributed by atoms with E-state index in [4.69, 9.17) is 11.6 Å². The van der Waals surface area contributed by atoms with Crippen LogP contribution in [0.1, 0.15) is 11.6 Å². The smallest absolute Gasteiger partial charge is 0.0512 e. The van der Waals surface area contributed by atoms with E-state index in [-0.39, 0.29) is 0 Å². The summed E-state index contributed by atoms with van der Waals surface area (Å²) in [6.07, 6.45) is 0. The summed E-state index contributed by atoms with van der Waals surface area (Å²) in [5.41, 5.74) is 2.54. The predicted molar refractivity (Wildman–Crippen MR) is 88.6 cm³/mol. The van der Waals surface area contributed by atoms with Gasteiger partial charge >= 0.3 is 0 Å². The van der Waals surface area contributed by atoms with Crippen molar-refractivity contribution in [3.63, 3.8) is 0 Å². The molecule has 0 saturated carbocycles. The summed E-state index contributed by atoms with van der Waals surface area (Å²) >= 11 is 9.63. The summed E-state index contributed by atoms with van der Waals surface area (Å²) in [6.45, 7) is 2.95. The number of nitrogens with one attached hydrogen (secondary N) is 1. The Morgan fingerprint density at radius 3 is 2.70 bits per heavy atom. The van der Waals surface area contributed by atoms with Crippen molar-refractivity contribution in [2.75, 3.05) is 24.5 Å². The Hall–Kier alpha value is -1.03. The first-order chi connectivity index (χ1) is 9.74. The zero-order valence-corrected chi connectivity index (χ0v) is 13.4. The number of benzene rings is 2. The van der Waals surface area contributed by atoms with Gasteiger partial charge in [0.15, 0.2) is 0 Å². The molecule has 0 radical (unpaired) electrons. The van der Waals surface area contributed by atoms with Crippen molar-refractivity contribution in [2.24, 2.45) is 0 Å². The fourth-order valence-corrected chi connectivity index (χ4v) is 3.55. The molecule has 1 heterocycles. The summed E-state index contributed by atoms with van der Waals surface area (Å²) < 4.78 is 1.05. The molecular weight excluding hydrogens is 336 g/mol. The number of anilines is 1. The fourth-order valence-electron chi connectivity index (χ4n) is 2.62. The largest absolute Gasteiger partial charge is 0.367 e. The first kappa shape index (κ1) is 13.9. The van der Waals surface area contributed by atoms with E-state index in [2.05, 4.69) is 62.5 Å². The molecule has 1 atom stereocenters. The van der Waals surface area contributed by atoms with Gasteiger partial charge in [-0.1, -0.05) is 41.9 Å². The molecule has 1 N–H and O–H groups in total. The second-order valence-electron chi connectivity index (χ2n) is 4.96. The van der Waals surface area contributed by atoms with Gasteiger partial charge in [-0.25, -0.2) is 0 Å². The lowest BCUT2D eigenvalue weighted by Gasteiger charge is -2.36. The van der Waals surface area contributed by atoms with E-state index in [1.165, 1.54) is 11.3 Å². The van der Waals surface area contributed by atoms with Gasteiger partial charge in [-0.05, 0) is 39.7 Å². The van der Waals surface area contributed by atoms with E-state index in [1.54, 1.807) is 0 Å². The lowest BCUT2D eigenvalue weighted by molar-refractivity contribution is 0.471. The van der Waals surface area contributed by atoms with E-state index in [9.17, 15) is 0 Å². The van der Waals surface area contributed by atoms with E-state index >= 15 is 0 Å². The molecule has 1 fully saturated rings. The molecule has 1 unspecified atom stereocenters. The Morgan fingerprint density at radius 2 is 1.95 bits per heavy atom. The second-order valence-corrected chi connectivity index (χ2v) is 6.25. The third kappa shape index (κ3) is 3.00. The summed E-state index contributed by atoms with van der Waals surface area (Å²) in [7, 11) is 0. The highest BCUT2D eigenvalue weighted by Gasteiger charge is 2.21. The predicted octanol–water partition coefficient (Wildman–Crippen LogP) is 4.25.